The number of ether oxygens (including phenoxy) is 2. The summed E-state index contributed by atoms with van der Waals surface area (Å²) in [6.45, 7) is 0. The highest BCUT2D eigenvalue weighted by molar-refractivity contribution is 6.32. The summed E-state index contributed by atoms with van der Waals surface area (Å²) in [5.74, 6) is 0.366. The average molecular weight is 430 g/mol. The molecule has 0 aliphatic carbocycles. The largest absolute Gasteiger partial charge is 0.496 e. The lowest BCUT2D eigenvalue weighted by Gasteiger charge is -2.09. The maximum Gasteiger partial charge on any atom is 0.311 e. The Morgan fingerprint density at radius 2 is 1.90 bits per heavy atom. The Hall–Kier alpha value is -3.92. The van der Waals surface area contributed by atoms with Crippen LogP contribution in [0.5, 0.6) is 11.5 Å². The molecule has 0 bridgehead atoms. The molecule has 11 heteroatoms. The van der Waals surface area contributed by atoms with Gasteiger partial charge in [0.05, 0.1) is 37.2 Å². The lowest BCUT2D eigenvalue weighted by Crippen LogP contribution is -2.22. The zero-order chi connectivity index (χ0) is 21.7. The van der Waals surface area contributed by atoms with Gasteiger partial charge in [-0.1, -0.05) is 29.8 Å². The molecule has 0 aliphatic rings. The Bertz CT molecular complexity index is 1160. The van der Waals surface area contributed by atoms with Gasteiger partial charge < -0.3 is 9.47 Å². The molecule has 2 aromatic carbocycles. The van der Waals surface area contributed by atoms with E-state index in [0.29, 0.717) is 17.0 Å². The molecular weight excluding hydrogens is 414 g/mol. The van der Waals surface area contributed by atoms with E-state index >= 15 is 0 Å². The van der Waals surface area contributed by atoms with Crippen LogP contribution in [0.4, 0.5) is 11.4 Å². The number of rotatable bonds is 7. The van der Waals surface area contributed by atoms with Gasteiger partial charge in [-0.15, -0.1) is 0 Å². The van der Waals surface area contributed by atoms with Gasteiger partial charge >= 0.3 is 5.69 Å². The third-order valence-corrected chi connectivity index (χ3v) is 4.40. The molecular formula is C19H16ClN5O5. The normalized spacial score (nSPS) is 10.8. The second-order valence-corrected chi connectivity index (χ2v) is 6.20. The van der Waals surface area contributed by atoms with Crippen LogP contribution in [0.2, 0.25) is 5.02 Å². The van der Waals surface area contributed by atoms with E-state index in [1.54, 1.807) is 24.3 Å². The van der Waals surface area contributed by atoms with Crippen LogP contribution in [0.3, 0.4) is 0 Å². The number of nitro benzene ring substituents is 1. The van der Waals surface area contributed by atoms with Crippen LogP contribution in [0, 0.1) is 10.1 Å². The van der Waals surface area contributed by atoms with E-state index in [9.17, 15) is 14.9 Å². The highest BCUT2D eigenvalue weighted by Gasteiger charge is 2.19. The average Bonchev–Trinajstić information content (AvgIpc) is 2.76. The van der Waals surface area contributed by atoms with Crippen LogP contribution in [-0.4, -0.2) is 35.1 Å². The fraction of sp³-hybridized carbons (Fsp3) is 0.105. The molecule has 0 unspecified atom stereocenters. The number of nitrogens with one attached hydrogen (secondary N) is 1. The van der Waals surface area contributed by atoms with Crippen molar-refractivity contribution >= 4 is 29.2 Å². The van der Waals surface area contributed by atoms with E-state index in [-0.39, 0.29) is 22.1 Å². The fourth-order valence-corrected chi connectivity index (χ4v) is 2.76. The third-order valence-electron chi connectivity index (χ3n) is 4.04. The van der Waals surface area contributed by atoms with E-state index in [1.165, 1.54) is 38.8 Å². The Morgan fingerprint density at radius 3 is 2.53 bits per heavy atom. The Labute approximate surface area is 175 Å². The molecule has 0 aliphatic heterocycles. The molecule has 1 N–H and O–H groups in total. The van der Waals surface area contributed by atoms with Crippen LogP contribution in [-0.2, 0) is 0 Å². The minimum Gasteiger partial charge on any atom is -0.496 e. The van der Waals surface area contributed by atoms with Crippen molar-refractivity contribution in [2.24, 2.45) is 5.10 Å². The number of nitrogens with zero attached hydrogens (tertiary/aromatic N) is 4. The lowest BCUT2D eigenvalue weighted by atomic mass is 10.1. The van der Waals surface area contributed by atoms with Crippen molar-refractivity contribution < 1.29 is 14.4 Å². The highest BCUT2D eigenvalue weighted by Crippen LogP contribution is 2.33. The first-order valence-electron chi connectivity index (χ1n) is 8.49. The molecule has 0 fully saturated rings. The van der Waals surface area contributed by atoms with Crippen molar-refractivity contribution in [3.8, 4) is 17.2 Å². The minimum atomic E-state index is -0.576. The maximum absolute atomic E-state index is 12.5. The monoisotopic (exact) mass is 429 g/mol. The number of methoxy groups -OCH3 is 2. The molecule has 10 nitrogen and oxygen atoms in total. The van der Waals surface area contributed by atoms with E-state index < -0.39 is 10.5 Å². The van der Waals surface area contributed by atoms with Crippen LogP contribution >= 0.6 is 11.6 Å². The van der Waals surface area contributed by atoms with Crippen LogP contribution in [0.15, 0.2) is 58.6 Å². The quantitative estimate of drug-likeness (QED) is 0.347. The summed E-state index contributed by atoms with van der Waals surface area (Å²) in [5, 5.41) is 19.2. The predicted molar refractivity (Wildman–Crippen MR) is 112 cm³/mol. The van der Waals surface area contributed by atoms with Crippen LogP contribution in [0.25, 0.3) is 5.69 Å². The second-order valence-electron chi connectivity index (χ2n) is 5.82. The van der Waals surface area contributed by atoms with Gasteiger partial charge in [0.25, 0.3) is 5.56 Å². The molecule has 0 saturated carbocycles. The van der Waals surface area contributed by atoms with Gasteiger partial charge in [-0.3, -0.25) is 20.3 Å². The molecule has 0 saturated heterocycles. The SMILES string of the molecule is COc1cc(OC)c([N+](=O)[O-])cc1/C=N\Nc1cnn(-c2ccccc2)c(=O)c1Cl. The van der Waals surface area contributed by atoms with E-state index in [0.717, 1.165) is 4.68 Å². The molecule has 3 rings (SSSR count). The molecule has 154 valence electrons. The highest BCUT2D eigenvalue weighted by atomic mass is 35.5. The molecule has 0 spiro atoms. The standard InChI is InChI=1S/C19H16ClN5O5/c1-29-16-9-17(30-2)15(25(27)28)8-12(16)10-21-23-14-11-22-24(19(26)18(14)20)13-6-4-3-5-7-13/h3-11,23H,1-2H3/b21-10-. The summed E-state index contributed by atoms with van der Waals surface area (Å²) < 4.78 is 11.4. The first kappa shape index (κ1) is 20.8. The van der Waals surface area contributed by atoms with E-state index in [4.69, 9.17) is 21.1 Å². The van der Waals surface area contributed by atoms with Gasteiger partial charge in [0.1, 0.15) is 16.5 Å². The molecule has 1 heterocycles. The zero-order valence-corrected chi connectivity index (χ0v) is 16.7. The number of hydrogen-bond acceptors (Lipinski definition) is 8. The number of hydrazone groups is 1. The minimum absolute atomic E-state index is 0.0544. The molecule has 0 radical (unpaired) electrons. The molecule has 30 heavy (non-hydrogen) atoms. The summed E-state index contributed by atoms with van der Waals surface area (Å²) in [6.07, 6.45) is 2.64. The number of halogens is 1. The first-order valence-corrected chi connectivity index (χ1v) is 8.86. The van der Waals surface area contributed by atoms with Crippen LogP contribution < -0.4 is 20.5 Å². The number of anilines is 1. The molecule has 1 aromatic heterocycles. The van der Waals surface area contributed by atoms with Gasteiger partial charge in [0.15, 0.2) is 0 Å². The van der Waals surface area contributed by atoms with Gasteiger partial charge in [-0.25, -0.2) is 0 Å². The maximum atomic E-state index is 12.5. The van der Waals surface area contributed by atoms with Gasteiger partial charge in [-0.05, 0) is 12.1 Å². The first-order chi connectivity index (χ1) is 14.5. The smallest absolute Gasteiger partial charge is 0.311 e. The molecule has 0 atom stereocenters. The van der Waals surface area contributed by atoms with Crippen molar-refractivity contribution in [2.45, 2.75) is 0 Å². The Kier molecular flexibility index (Phi) is 6.28. The van der Waals surface area contributed by atoms with Crippen molar-refractivity contribution in [1.82, 2.24) is 9.78 Å². The Balaban J connectivity index is 1.89. The summed E-state index contributed by atoms with van der Waals surface area (Å²) in [5.41, 5.74) is 2.90. The molecule has 3 aromatic rings. The van der Waals surface area contributed by atoms with Crippen molar-refractivity contribution in [3.63, 3.8) is 0 Å². The van der Waals surface area contributed by atoms with E-state index in [1.807, 2.05) is 6.07 Å². The number of nitro groups is 1. The van der Waals surface area contributed by atoms with Crippen molar-refractivity contribution in [3.05, 3.63) is 79.7 Å². The lowest BCUT2D eigenvalue weighted by molar-refractivity contribution is -0.385. The third kappa shape index (κ3) is 4.23. The predicted octanol–water partition coefficient (Wildman–Crippen LogP) is 3.26. The van der Waals surface area contributed by atoms with Gasteiger partial charge in [0, 0.05) is 17.7 Å². The summed E-state index contributed by atoms with van der Waals surface area (Å²) in [7, 11) is 2.74. The second kappa shape index (κ2) is 9.05. The van der Waals surface area contributed by atoms with Crippen LogP contribution in [0.1, 0.15) is 5.56 Å². The summed E-state index contributed by atoms with van der Waals surface area (Å²) in [4.78, 5) is 23.1. The number of benzene rings is 2. The van der Waals surface area contributed by atoms with Gasteiger partial charge in [0.2, 0.25) is 5.75 Å². The Morgan fingerprint density at radius 1 is 1.20 bits per heavy atom. The fourth-order valence-electron chi connectivity index (χ4n) is 2.58. The molecule has 0 amide bonds. The summed E-state index contributed by atoms with van der Waals surface area (Å²) >= 11 is 6.15. The van der Waals surface area contributed by atoms with Crippen molar-refractivity contribution in [1.29, 1.82) is 0 Å². The number of aromatic nitrogens is 2. The van der Waals surface area contributed by atoms with Crippen molar-refractivity contribution in [2.75, 3.05) is 19.6 Å². The van der Waals surface area contributed by atoms with E-state index in [2.05, 4.69) is 15.6 Å². The number of hydrogen-bond donors (Lipinski definition) is 1. The zero-order valence-electron chi connectivity index (χ0n) is 15.9. The van der Waals surface area contributed by atoms with Gasteiger partial charge in [-0.2, -0.15) is 14.9 Å². The summed E-state index contributed by atoms with van der Waals surface area (Å²) in [6, 6.07) is 11.5. The number of para-hydroxylation sites is 1. The topological polar surface area (TPSA) is 121 Å².